The number of aromatic nitrogens is 1. The highest BCUT2D eigenvalue weighted by molar-refractivity contribution is 5.39. The van der Waals surface area contributed by atoms with Crippen molar-refractivity contribution >= 4 is 5.69 Å². The van der Waals surface area contributed by atoms with Crippen LogP contribution in [0, 0.1) is 10.1 Å². The molecule has 0 amide bonds. The maximum absolute atomic E-state index is 10.7. The molecule has 76 valence electrons. The maximum atomic E-state index is 10.7. The van der Waals surface area contributed by atoms with E-state index in [0.29, 0.717) is 5.56 Å². The molecule has 2 atom stereocenters. The van der Waals surface area contributed by atoms with Crippen molar-refractivity contribution in [2.24, 2.45) is 5.73 Å². The predicted molar refractivity (Wildman–Crippen MR) is 53.0 cm³/mol. The second-order valence-electron chi connectivity index (χ2n) is 3.34. The minimum atomic E-state index is -0.429. The van der Waals surface area contributed by atoms with Crippen LogP contribution in [0.15, 0.2) is 18.5 Å². The Hall–Kier alpha value is -1.49. The first-order chi connectivity index (χ1) is 6.54. The van der Waals surface area contributed by atoms with E-state index >= 15 is 0 Å². The Morgan fingerprint density at radius 3 is 2.71 bits per heavy atom. The van der Waals surface area contributed by atoms with Crippen LogP contribution in [0.25, 0.3) is 0 Å². The van der Waals surface area contributed by atoms with E-state index in [1.165, 1.54) is 6.20 Å². The average Bonchev–Trinajstić information content (AvgIpc) is 2.16. The van der Waals surface area contributed by atoms with Crippen molar-refractivity contribution < 1.29 is 4.92 Å². The Kier molecular flexibility index (Phi) is 3.14. The van der Waals surface area contributed by atoms with Crippen molar-refractivity contribution in [3.05, 3.63) is 34.1 Å². The summed E-state index contributed by atoms with van der Waals surface area (Å²) in [5.74, 6) is -0.0431. The van der Waals surface area contributed by atoms with E-state index < -0.39 is 4.92 Å². The second kappa shape index (κ2) is 4.15. The number of nitro groups is 1. The standard InChI is InChI=1S/C9H13N3O2/c1-6(7(2)10)8-3-4-11-5-9(8)12(13)14/h3-7H,10H2,1-2H3. The van der Waals surface area contributed by atoms with Crippen molar-refractivity contribution in [3.63, 3.8) is 0 Å². The summed E-state index contributed by atoms with van der Waals surface area (Å²) >= 11 is 0. The molecule has 5 nitrogen and oxygen atoms in total. The molecular formula is C9H13N3O2. The van der Waals surface area contributed by atoms with Gasteiger partial charge in [-0.25, -0.2) is 0 Å². The van der Waals surface area contributed by atoms with Gasteiger partial charge >= 0.3 is 0 Å². The fraction of sp³-hybridized carbons (Fsp3) is 0.444. The molecule has 5 heteroatoms. The van der Waals surface area contributed by atoms with Gasteiger partial charge in [-0.1, -0.05) is 6.92 Å². The minimum Gasteiger partial charge on any atom is -0.327 e. The highest BCUT2D eigenvalue weighted by Gasteiger charge is 2.20. The lowest BCUT2D eigenvalue weighted by molar-refractivity contribution is -0.386. The molecule has 2 unspecified atom stereocenters. The third-order valence-electron chi connectivity index (χ3n) is 2.31. The molecule has 0 spiro atoms. The van der Waals surface area contributed by atoms with Crippen molar-refractivity contribution in [2.45, 2.75) is 25.8 Å². The summed E-state index contributed by atoms with van der Waals surface area (Å²) in [4.78, 5) is 14.0. The number of rotatable bonds is 3. The fourth-order valence-corrected chi connectivity index (χ4v) is 1.22. The molecule has 14 heavy (non-hydrogen) atoms. The summed E-state index contributed by atoms with van der Waals surface area (Å²) in [6, 6.07) is 1.53. The zero-order chi connectivity index (χ0) is 10.7. The molecule has 1 aromatic rings. The van der Waals surface area contributed by atoms with Gasteiger partial charge in [0.25, 0.3) is 5.69 Å². The summed E-state index contributed by atoms with van der Waals surface area (Å²) in [5.41, 5.74) is 6.37. The highest BCUT2D eigenvalue weighted by atomic mass is 16.6. The Bertz CT molecular complexity index is 339. The molecule has 0 saturated carbocycles. The molecule has 1 rings (SSSR count). The number of hydrogen-bond acceptors (Lipinski definition) is 4. The second-order valence-corrected chi connectivity index (χ2v) is 3.34. The summed E-state index contributed by atoms with van der Waals surface area (Å²) in [5, 5.41) is 10.7. The van der Waals surface area contributed by atoms with Gasteiger partial charge < -0.3 is 5.73 Å². The van der Waals surface area contributed by atoms with Gasteiger partial charge in [0.2, 0.25) is 0 Å². The van der Waals surface area contributed by atoms with Crippen LogP contribution in [-0.2, 0) is 0 Å². The Balaban J connectivity index is 3.13. The van der Waals surface area contributed by atoms with Crippen LogP contribution in [0.5, 0.6) is 0 Å². The molecule has 0 saturated heterocycles. The van der Waals surface area contributed by atoms with Crippen molar-refractivity contribution in [1.29, 1.82) is 0 Å². The van der Waals surface area contributed by atoms with Gasteiger partial charge in [-0.3, -0.25) is 15.1 Å². The summed E-state index contributed by atoms with van der Waals surface area (Å²) in [6.07, 6.45) is 2.80. The Morgan fingerprint density at radius 1 is 1.57 bits per heavy atom. The first-order valence-corrected chi connectivity index (χ1v) is 4.38. The van der Waals surface area contributed by atoms with Gasteiger partial charge in [-0.2, -0.15) is 0 Å². The highest BCUT2D eigenvalue weighted by Crippen LogP contribution is 2.26. The first kappa shape index (κ1) is 10.6. The largest absolute Gasteiger partial charge is 0.327 e. The quantitative estimate of drug-likeness (QED) is 0.584. The minimum absolute atomic E-state index is 0.0392. The summed E-state index contributed by atoms with van der Waals surface area (Å²) in [6.45, 7) is 3.70. The van der Waals surface area contributed by atoms with Crippen LogP contribution in [0.3, 0.4) is 0 Å². The number of hydrogen-bond donors (Lipinski definition) is 1. The molecule has 0 aromatic carbocycles. The lowest BCUT2D eigenvalue weighted by atomic mass is 9.95. The summed E-state index contributed by atoms with van der Waals surface area (Å²) in [7, 11) is 0. The number of nitrogens with zero attached hydrogens (tertiary/aromatic N) is 2. The fourth-order valence-electron chi connectivity index (χ4n) is 1.22. The molecule has 0 bridgehead atoms. The Labute approximate surface area is 82.1 Å². The predicted octanol–water partition coefficient (Wildman–Crippen LogP) is 1.44. The number of nitrogens with two attached hydrogens (primary N) is 1. The first-order valence-electron chi connectivity index (χ1n) is 4.38. The van der Waals surface area contributed by atoms with Crippen LogP contribution >= 0.6 is 0 Å². The van der Waals surface area contributed by atoms with E-state index in [1.807, 2.05) is 13.8 Å². The zero-order valence-corrected chi connectivity index (χ0v) is 8.18. The maximum Gasteiger partial charge on any atom is 0.291 e. The lowest BCUT2D eigenvalue weighted by Gasteiger charge is -2.15. The van der Waals surface area contributed by atoms with Crippen LogP contribution in [0.4, 0.5) is 5.69 Å². The van der Waals surface area contributed by atoms with Crippen LogP contribution in [-0.4, -0.2) is 15.9 Å². The van der Waals surface area contributed by atoms with E-state index in [4.69, 9.17) is 5.73 Å². The van der Waals surface area contributed by atoms with Gasteiger partial charge in [0.15, 0.2) is 0 Å². The van der Waals surface area contributed by atoms with E-state index in [-0.39, 0.29) is 17.6 Å². The van der Waals surface area contributed by atoms with Crippen molar-refractivity contribution in [3.8, 4) is 0 Å². The SMILES string of the molecule is CC(N)C(C)c1ccncc1[N+](=O)[O-]. The van der Waals surface area contributed by atoms with E-state index in [1.54, 1.807) is 12.3 Å². The molecule has 2 N–H and O–H groups in total. The van der Waals surface area contributed by atoms with E-state index in [9.17, 15) is 10.1 Å². The molecule has 0 fully saturated rings. The van der Waals surface area contributed by atoms with Crippen LogP contribution in [0.1, 0.15) is 25.3 Å². The third-order valence-corrected chi connectivity index (χ3v) is 2.31. The normalized spacial score (nSPS) is 14.8. The van der Waals surface area contributed by atoms with Crippen LogP contribution < -0.4 is 5.73 Å². The topological polar surface area (TPSA) is 82.0 Å². The number of pyridine rings is 1. The molecule has 1 heterocycles. The van der Waals surface area contributed by atoms with Gasteiger partial charge in [0.05, 0.1) is 4.92 Å². The van der Waals surface area contributed by atoms with Gasteiger partial charge in [0.1, 0.15) is 6.20 Å². The smallest absolute Gasteiger partial charge is 0.291 e. The van der Waals surface area contributed by atoms with E-state index in [2.05, 4.69) is 4.98 Å². The average molecular weight is 195 g/mol. The van der Waals surface area contributed by atoms with Crippen molar-refractivity contribution in [1.82, 2.24) is 4.98 Å². The van der Waals surface area contributed by atoms with Crippen molar-refractivity contribution in [2.75, 3.05) is 0 Å². The van der Waals surface area contributed by atoms with Gasteiger partial charge in [0, 0.05) is 23.7 Å². The van der Waals surface area contributed by atoms with E-state index in [0.717, 1.165) is 0 Å². The monoisotopic (exact) mass is 195 g/mol. The van der Waals surface area contributed by atoms with Gasteiger partial charge in [-0.05, 0) is 13.0 Å². The Morgan fingerprint density at radius 2 is 2.21 bits per heavy atom. The molecular weight excluding hydrogens is 182 g/mol. The molecule has 0 aliphatic rings. The third kappa shape index (κ3) is 2.05. The zero-order valence-electron chi connectivity index (χ0n) is 8.18. The summed E-state index contributed by atoms with van der Waals surface area (Å²) < 4.78 is 0. The lowest BCUT2D eigenvalue weighted by Crippen LogP contribution is -2.23. The van der Waals surface area contributed by atoms with Crippen LogP contribution in [0.2, 0.25) is 0 Å². The molecule has 0 radical (unpaired) electrons. The molecule has 0 aliphatic heterocycles. The molecule has 0 aliphatic carbocycles. The molecule has 1 aromatic heterocycles. The van der Waals surface area contributed by atoms with Gasteiger partial charge in [-0.15, -0.1) is 0 Å².